The molecule has 9 nitrogen and oxygen atoms in total. The number of thioether (sulfide) groups is 1. The number of carbonyl (C=O) groups excluding carboxylic acids is 2. The van der Waals surface area contributed by atoms with Crippen molar-refractivity contribution in [3.8, 4) is 11.4 Å². The van der Waals surface area contributed by atoms with Crippen molar-refractivity contribution in [1.82, 2.24) is 9.47 Å². The number of amidine groups is 1. The minimum Gasteiger partial charge on any atom is -0.497 e. The summed E-state index contributed by atoms with van der Waals surface area (Å²) in [5.74, 6) is -0.903. The van der Waals surface area contributed by atoms with Gasteiger partial charge in [0.15, 0.2) is 5.17 Å². The van der Waals surface area contributed by atoms with Crippen LogP contribution in [0.3, 0.4) is 0 Å². The van der Waals surface area contributed by atoms with Crippen molar-refractivity contribution in [3.05, 3.63) is 117 Å². The fraction of sp³-hybridized carbons (Fsp3) is 0.176. The number of ether oxygens (including phenoxy) is 2. The van der Waals surface area contributed by atoms with E-state index in [-0.39, 0.29) is 18.0 Å². The lowest BCUT2D eigenvalue weighted by atomic mass is 10.1. The van der Waals surface area contributed by atoms with Gasteiger partial charge in [-0.3, -0.25) is 9.69 Å². The second-order valence-corrected chi connectivity index (χ2v) is 11.3. The van der Waals surface area contributed by atoms with Crippen molar-refractivity contribution in [1.29, 1.82) is 0 Å². The first-order valence-electron chi connectivity index (χ1n) is 13.7. The van der Waals surface area contributed by atoms with Crippen molar-refractivity contribution in [2.45, 2.75) is 27.3 Å². The van der Waals surface area contributed by atoms with E-state index in [0.29, 0.717) is 27.1 Å². The lowest BCUT2D eigenvalue weighted by Crippen LogP contribution is -2.28. The Morgan fingerprint density at radius 3 is 2.23 bits per heavy atom. The van der Waals surface area contributed by atoms with E-state index >= 15 is 0 Å². The molecular weight excluding hydrogens is 578 g/mol. The smallest absolute Gasteiger partial charge is 0.337 e. The Hall–Kier alpha value is -5.09. The zero-order valence-electron chi connectivity index (χ0n) is 25.0. The molecule has 0 aliphatic carbocycles. The van der Waals surface area contributed by atoms with Crippen LogP contribution < -0.4 is 4.74 Å². The van der Waals surface area contributed by atoms with E-state index in [0.717, 1.165) is 33.8 Å². The number of carboxylic acid groups (broad SMARTS) is 1. The molecule has 44 heavy (non-hydrogen) atoms. The van der Waals surface area contributed by atoms with Gasteiger partial charge in [-0.25, -0.2) is 14.6 Å². The number of aromatic nitrogens is 1. The number of hydrogen-bond donors (Lipinski definition) is 1. The predicted molar refractivity (Wildman–Crippen MR) is 171 cm³/mol. The lowest BCUT2D eigenvalue weighted by molar-refractivity contribution is -0.122. The number of amides is 1. The average Bonchev–Trinajstić information content (AvgIpc) is 3.46. The van der Waals surface area contributed by atoms with E-state index < -0.39 is 11.9 Å². The van der Waals surface area contributed by atoms with Crippen LogP contribution in [-0.4, -0.2) is 51.8 Å². The number of aryl methyl sites for hydroxylation is 2. The summed E-state index contributed by atoms with van der Waals surface area (Å²) < 4.78 is 12.2. The maximum atomic E-state index is 13.8. The Kier molecular flexibility index (Phi) is 8.73. The van der Waals surface area contributed by atoms with Crippen LogP contribution in [0.25, 0.3) is 11.8 Å². The van der Waals surface area contributed by atoms with Gasteiger partial charge in [0.1, 0.15) is 5.75 Å². The van der Waals surface area contributed by atoms with E-state index in [1.165, 1.54) is 31.0 Å². The first-order valence-corrected chi connectivity index (χ1v) is 14.6. The molecule has 1 fully saturated rings. The second-order valence-electron chi connectivity index (χ2n) is 10.3. The summed E-state index contributed by atoms with van der Waals surface area (Å²) in [6.45, 7) is 6.15. The summed E-state index contributed by atoms with van der Waals surface area (Å²) in [4.78, 5) is 44.1. The molecule has 2 heterocycles. The Bertz CT molecular complexity index is 1820. The molecule has 1 N–H and O–H groups in total. The number of methoxy groups -OCH3 is 2. The summed E-state index contributed by atoms with van der Waals surface area (Å²) in [6, 6.07) is 21.2. The lowest BCUT2D eigenvalue weighted by Gasteiger charge is -2.16. The summed E-state index contributed by atoms with van der Waals surface area (Å²) in [6.07, 6.45) is 1.88. The van der Waals surface area contributed by atoms with Gasteiger partial charge in [-0.1, -0.05) is 12.1 Å². The molecule has 0 spiro atoms. The molecule has 3 aromatic carbocycles. The fourth-order valence-corrected chi connectivity index (χ4v) is 6.02. The van der Waals surface area contributed by atoms with Crippen LogP contribution in [-0.2, 0) is 16.1 Å². The maximum absolute atomic E-state index is 13.8. The molecule has 1 aliphatic rings. The molecule has 0 bridgehead atoms. The number of benzene rings is 3. The minimum atomic E-state index is -1.01. The van der Waals surface area contributed by atoms with Crippen molar-refractivity contribution >= 4 is 46.5 Å². The Labute approximate surface area is 259 Å². The molecule has 4 aromatic rings. The number of hydrogen-bond acceptors (Lipinski definition) is 7. The monoisotopic (exact) mass is 609 g/mol. The maximum Gasteiger partial charge on any atom is 0.337 e. The van der Waals surface area contributed by atoms with Crippen molar-refractivity contribution in [2.75, 3.05) is 14.2 Å². The van der Waals surface area contributed by atoms with Crippen LogP contribution in [0.4, 0.5) is 5.69 Å². The number of esters is 1. The van der Waals surface area contributed by atoms with Gasteiger partial charge in [-0.15, -0.1) is 0 Å². The number of aliphatic imine (C=N–C) groups is 1. The molecule has 5 rings (SSSR count). The van der Waals surface area contributed by atoms with Gasteiger partial charge in [0.05, 0.1) is 42.5 Å². The number of carboxylic acids is 1. The highest BCUT2D eigenvalue weighted by Gasteiger charge is 2.34. The molecule has 1 saturated heterocycles. The van der Waals surface area contributed by atoms with Gasteiger partial charge < -0.3 is 19.1 Å². The van der Waals surface area contributed by atoms with Gasteiger partial charge in [0, 0.05) is 17.1 Å². The van der Waals surface area contributed by atoms with Gasteiger partial charge in [0.2, 0.25) is 0 Å². The van der Waals surface area contributed by atoms with Crippen LogP contribution in [0.2, 0.25) is 0 Å². The van der Waals surface area contributed by atoms with Crippen molar-refractivity contribution in [3.63, 3.8) is 0 Å². The normalized spacial score (nSPS) is 14.8. The summed E-state index contributed by atoms with van der Waals surface area (Å²) in [5, 5.41) is 9.78. The van der Waals surface area contributed by atoms with E-state index in [2.05, 4.69) is 4.57 Å². The highest BCUT2D eigenvalue weighted by Crippen LogP contribution is 2.37. The van der Waals surface area contributed by atoms with Gasteiger partial charge in [-0.05, 0) is 116 Å². The predicted octanol–water partition coefficient (Wildman–Crippen LogP) is 6.70. The molecule has 0 unspecified atom stereocenters. The van der Waals surface area contributed by atoms with Crippen LogP contribution in [0, 0.1) is 20.8 Å². The van der Waals surface area contributed by atoms with Crippen molar-refractivity contribution < 1.29 is 29.0 Å². The Morgan fingerprint density at radius 1 is 0.932 bits per heavy atom. The van der Waals surface area contributed by atoms with Gasteiger partial charge in [0.25, 0.3) is 5.91 Å². The number of nitrogens with zero attached hydrogens (tertiary/aromatic N) is 3. The third-order valence-electron chi connectivity index (χ3n) is 7.34. The minimum absolute atomic E-state index is 0.175. The highest BCUT2D eigenvalue weighted by atomic mass is 32.2. The molecule has 10 heteroatoms. The van der Waals surface area contributed by atoms with E-state index in [9.17, 15) is 19.5 Å². The molecule has 224 valence electrons. The van der Waals surface area contributed by atoms with Crippen LogP contribution in [0.15, 0.2) is 82.7 Å². The Balaban J connectivity index is 1.51. The largest absolute Gasteiger partial charge is 0.497 e. The van der Waals surface area contributed by atoms with Crippen LogP contribution in [0.1, 0.15) is 48.8 Å². The van der Waals surface area contributed by atoms with Crippen LogP contribution >= 0.6 is 11.8 Å². The standard InChI is InChI=1S/C34H31N3O6S/c1-20-16-25(33(41)43-5)10-15-29(20)37-21(2)17-26(22(37)3)18-30-31(38)36(19-23-6-8-24(9-7-23)32(39)40)34(44-30)35-27-11-13-28(42-4)14-12-27/h6-18H,19H2,1-5H3,(H,39,40)/b30-18-,35-34?. The zero-order chi connectivity index (χ0) is 31.5. The first kappa shape index (κ1) is 30.4. The van der Waals surface area contributed by atoms with E-state index in [1.807, 2.05) is 51.1 Å². The van der Waals surface area contributed by atoms with Gasteiger partial charge >= 0.3 is 11.9 Å². The number of carbonyl (C=O) groups is 3. The first-order chi connectivity index (χ1) is 21.1. The van der Waals surface area contributed by atoms with Gasteiger partial charge in [-0.2, -0.15) is 0 Å². The summed E-state index contributed by atoms with van der Waals surface area (Å²) in [5.41, 5.74) is 6.72. The number of aromatic carboxylic acids is 1. The third-order valence-corrected chi connectivity index (χ3v) is 8.35. The molecule has 1 aromatic heterocycles. The highest BCUT2D eigenvalue weighted by molar-refractivity contribution is 8.18. The third kappa shape index (κ3) is 6.16. The second kappa shape index (κ2) is 12.6. The average molecular weight is 610 g/mol. The topological polar surface area (TPSA) is 110 Å². The molecule has 1 amide bonds. The zero-order valence-corrected chi connectivity index (χ0v) is 25.8. The summed E-state index contributed by atoms with van der Waals surface area (Å²) >= 11 is 1.29. The number of rotatable bonds is 8. The molecule has 1 aliphatic heterocycles. The summed E-state index contributed by atoms with van der Waals surface area (Å²) in [7, 11) is 2.95. The fourth-order valence-electron chi connectivity index (χ4n) is 5.03. The molecule has 0 saturated carbocycles. The molecule has 0 atom stereocenters. The van der Waals surface area contributed by atoms with Crippen molar-refractivity contribution in [2.24, 2.45) is 4.99 Å². The quantitative estimate of drug-likeness (QED) is 0.175. The Morgan fingerprint density at radius 2 is 1.61 bits per heavy atom. The SMILES string of the molecule is COC(=O)c1ccc(-n2c(C)cc(/C=C3\SC(=Nc4ccc(OC)cc4)N(Cc4ccc(C(=O)O)cc4)C3=O)c2C)c(C)c1. The van der Waals surface area contributed by atoms with Crippen LogP contribution in [0.5, 0.6) is 5.75 Å². The molecule has 0 radical (unpaired) electrons. The molecular formula is C34H31N3O6S. The van der Waals surface area contributed by atoms with E-state index in [4.69, 9.17) is 14.5 Å². The van der Waals surface area contributed by atoms with E-state index in [1.54, 1.807) is 48.4 Å².